The van der Waals surface area contributed by atoms with Crippen molar-refractivity contribution in [3.8, 4) is 5.88 Å². The predicted molar refractivity (Wildman–Crippen MR) is 62.3 cm³/mol. The van der Waals surface area contributed by atoms with Crippen molar-refractivity contribution in [3.63, 3.8) is 0 Å². The molecule has 0 amide bonds. The van der Waals surface area contributed by atoms with Crippen LogP contribution in [0.4, 0.5) is 11.8 Å². The first kappa shape index (κ1) is 12.5. The topological polar surface area (TPSA) is 93.3 Å². The van der Waals surface area contributed by atoms with Gasteiger partial charge < -0.3 is 20.9 Å². The summed E-state index contributed by atoms with van der Waals surface area (Å²) in [5.74, 6) is 1.27. The molecule has 6 nitrogen and oxygen atoms in total. The van der Waals surface area contributed by atoms with E-state index in [0.29, 0.717) is 18.2 Å². The number of aliphatic hydroxyl groups is 1. The van der Waals surface area contributed by atoms with Crippen LogP contribution in [0.2, 0.25) is 0 Å². The highest BCUT2D eigenvalue weighted by atomic mass is 16.5. The summed E-state index contributed by atoms with van der Waals surface area (Å²) in [6.45, 7) is 4.31. The zero-order valence-electron chi connectivity index (χ0n) is 9.77. The van der Waals surface area contributed by atoms with Crippen molar-refractivity contribution in [2.45, 2.75) is 20.0 Å². The number of hydrogen-bond acceptors (Lipinski definition) is 6. The Morgan fingerprint density at radius 2 is 2.19 bits per heavy atom. The van der Waals surface area contributed by atoms with E-state index in [1.54, 1.807) is 6.07 Å². The first-order chi connectivity index (χ1) is 7.52. The average Bonchev–Trinajstić information content (AvgIpc) is 2.24. The largest absolute Gasteiger partial charge is 0.481 e. The molecule has 1 unspecified atom stereocenters. The molecule has 0 aromatic carbocycles. The molecule has 1 aromatic heterocycles. The van der Waals surface area contributed by atoms with Crippen molar-refractivity contribution in [1.29, 1.82) is 0 Å². The van der Waals surface area contributed by atoms with Crippen LogP contribution in [0.15, 0.2) is 6.07 Å². The first-order valence-corrected chi connectivity index (χ1v) is 5.13. The second-order valence-corrected chi connectivity index (χ2v) is 3.85. The van der Waals surface area contributed by atoms with E-state index >= 15 is 0 Å². The lowest BCUT2D eigenvalue weighted by molar-refractivity contribution is 0.138. The highest BCUT2D eigenvalue weighted by Crippen LogP contribution is 2.14. The summed E-state index contributed by atoms with van der Waals surface area (Å²) < 4.78 is 4.96. The monoisotopic (exact) mass is 226 g/mol. The Morgan fingerprint density at radius 3 is 2.75 bits per heavy atom. The number of hydrogen-bond donors (Lipinski definition) is 3. The summed E-state index contributed by atoms with van der Waals surface area (Å²) in [5.41, 5.74) is 5.50. The minimum absolute atomic E-state index is 0.140. The van der Waals surface area contributed by atoms with Crippen LogP contribution in [0.5, 0.6) is 5.88 Å². The molecule has 0 saturated carbocycles. The van der Waals surface area contributed by atoms with Crippen molar-refractivity contribution in [2.24, 2.45) is 5.92 Å². The number of methoxy groups -OCH3 is 1. The molecule has 4 N–H and O–H groups in total. The van der Waals surface area contributed by atoms with Crippen molar-refractivity contribution < 1.29 is 9.84 Å². The third-order valence-electron chi connectivity index (χ3n) is 2.19. The zero-order valence-corrected chi connectivity index (χ0v) is 9.77. The van der Waals surface area contributed by atoms with Crippen LogP contribution < -0.4 is 15.8 Å². The van der Waals surface area contributed by atoms with Gasteiger partial charge in [-0.15, -0.1) is 0 Å². The maximum atomic E-state index is 9.62. The molecule has 0 aliphatic heterocycles. The number of aliphatic hydroxyl groups excluding tert-OH is 1. The van der Waals surface area contributed by atoms with Gasteiger partial charge in [-0.05, 0) is 5.92 Å². The normalized spacial score (nSPS) is 12.6. The third-order valence-corrected chi connectivity index (χ3v) is 2.19. The second kappa shape index (κ2) is 5.50. The van der Waals surface area contributed by atoms with E-state index in [2.05, 4.69) is 15.3 Å². The van der Waals surface area contributed by atoms with E-state index in [9.17, 15) is 5.11 Å². The Bertz CT molecular complexity index is 344. The number of nitrogens with one attached hydrogen (secondary N) is 1. The SMILES string of the molecule is COc1cc(NCC(O)C(C)C)nc(N)n1. The molecule has 1 aromatic rings. The molecular weight excluding hydrogens is 208 g/mol. The molecule has 6 heteroatoms. The van der Waals surface area contributed by atoms with Gasteiger partial charge in [0.1, 0.15) is 5.82 Å². The molecule has 0 aliphatic rings. The van der Waals surface area contributed by atoms with Gasteiger partial charge >= 0.3 is 0 Å². The maximum Gasteiger partial charge on any atom is 0.225 e. The Morgan fingerprint density at radius 1 is 1.50 bits per heavy atom. The van der Waals surface area contributed by atoms with Crippen LogP contribution in [0.3, 0.4) is 0 Å². The Balaban J connectivity index is 2.63. The fourth-order valence-corrected chi connectivity index (χ4v) is 1.08. The van der Waals surface area contributed by atoms with Crippen molar-refractivity contribution in [2.75, 3.05) is 24.7 Å². The molecule has 16 heavy (non-hydrogen) atoms. The van der Waals surface area contributed by atoms with Gasteiger partial charge in [-0.1, -0.05) is 13.8 Å². The zero-order chi connectivity index (χ0) is 12.1. The molecule has 0 radical (unpaired) electrons. The summed E-state index contributed by atoms with van der Waals surface area (Å²) in [6, 6.07) is 1.63. The van der Waals surface area contributed by atoms with Crippen LogP contribution in [0.25, 0.3) is 0 Å². The highest BCUT2D eigenvalue weighted by molar-refractivity contribution is 5.42. The standard InChI is InChI=1S/C10H18N4O2/c1-6(2)7(15)5-12-8-4-9(16-3)14-10(11)13-8/h4,6-7,15H,5H2,1-3H3,(H3,11,12,13,14). The lowest BCUT2D eigenvalue weighted by Crippen LogP contribution is -2.25. The smallest absolute Gasteiger partial charge is 0.225 e. The van der Waals surface area contributed by atoms with Gasteiger partial charge in [0, 0.05) is 12.6 Å². The molecule has 0 spiro atoms. The van der Waals surface area contributed by atoms with E-state index < -0.39 is 6.10 Å². The van der Waals surface area contributed by atoms with Gasteiger partial charge in [0.25, 0.3) is 0 Å². The highest BCUT2D eigenvalue weighted by Gasteiger charge is 2.09. The number of nitrogens with zero attached hydrogens (tertiary/aromatic N) is 2. The molecule has 0 bridgehead atoms. The molecule has 1 heterocycles. The summed E-state index contributed by atoms with van der Waals surface area (Å²) in [5, 5.41) is 12.6. The number of nitrogens with two attached hydrogens (primary N) is 1. The van der Waals surface area contributed by atoms with Crippen molar-refractivity contribution >= 4 is 11.8 Å². The lowest BCUT2D eigenvalue weighted by Gasteiger charge is -2.15. The van der Waals surface area contributed by atoms with Gasteiger partial charge in [-0.25, -0.2) is 0 Å². The third kappa shape index (κ3) is 3.54. The molecule has 1 rings (SSSR count). The number of rotatable bonds is 5. The van der Waals surface area contributed by atoms with E-state index in [1.165, 1.54) is 7.11 Å². The second-order valence-electron chi connectivity index (χ2n) is 3.85. The minimum Gasteiger partial charge on any atom is -0.481 e. The van der Waals surface area contributed by atoms with Crippen LogP contribution >= 0.6 is 0 Å². The molecule has 0 saturated heterocycles. The summed E-state index contributed by atoms with van der Waals surface area (Å²) >= 11 is 0. The number of anilines is 2. The Labute approximate surface area is 94.9 Å². The summed E-state index contributed by atoms with van der Waals surface area (Å²) in [4.78, 5) is 7.83. The average molecular weight is 226 g/mol. The minimum atomic E-state index is -0.429. The number of aromatic nitrogens is 2. The van der Waals surface area contributed by atoms with E-state index in [1.807, 2.05) is 13.8 Å². The Kier molecular flexibility index (Phi) is 4.30. The van der Waals surface area contributed by atoms with Gasteiger partial charge in [-0.2, -0.15) is 9.97 Å². The van der Waals surface area contributed by atoms with Crippen molar-refractivity contribution in [3.05, 3.63) is 6.07 Å². The molecule has 0 fully saturated rings. The van der Waals surface area contributed by atoms with Crippen molar-refractivity contribution in [1.82, 2.24) is 9.97 Å². The molecule has 1 atom stereocenters. The van der Waals surface area contributed by atoms with Gasteiger partial charge in [-0.3, -0.25) is 0 Å². The molecule has 90 valence electrons. The van der Waals surface area contributed by atoms with Gasteiger partial charge in [0.15, 0.2) is 0 Å². The van der Waals surface area contributed by atoms with Crippen LogP contribution in [-0.2, 0) is 0 Å². The van der Waals surface area contributed by atoms with Gasteiger partial charge in [0.2, 0.25) is 11.8 Å². The lowest BCUT2D eigenvalue weighted by atomic mass is 10.1. The van der Waals surface area contributed by atoms with E-state index in [0.717, 1.165) is 0 Å². The quantitative estimate of drug-likeness (QED) is 0.676. The summed E-state index contributed by atoms with van der Waals surface area (Å²) in [7, 11) is 1.51. The van der Waals surface area contributed by atoms with E-state index in [4.69, 9.17) is 10.5 Å². The van der Waals surface area contributed by atoms with Gasteiger partial charge in [0.05, 0.1) is 13.2 Å². The van der Waals surface area contributed by atoms with E-state index in [-0.39, 0.29) is 11.9 Å². The Hall–Kier alpha value is -1.56. The van der Waals surface area contributed by atoms with Crippen LogP contribution in [-0.4, -0.2) is 34.8 Å². The fraction of sp³-hybridized carbons (Fsp3) is 0.600. The molecule has 0 aliphatic carbocycles. The molecular formula is C10H18N4O2. The predicted octanol–water partition coefficient (Wildman–Crippen LogP) is 0.496. The van der Waals surface area contributed by atoms with Crippen LogP contribution in [0, 0.1) is 5.92 Å². The number of ether oxygens (including phenoxy) is 1. The van der Waals surface area contributed by atoms with Crippen LogP contribution in [0.1, 0.15) is 13.8 Å². The summed E-state index contributed by atoms with van der Waals surface area (Å²) in [6.07, 6.45) is -0.429. The number of nitrogen functional groups attached to an aromatic ring is 1. The first-order valence-electron chi connectivity index (χ1n) is 5.13. The maximum absolute atomic E-state index is 9.62. The fourth-order valence-electron chi connectivity index (χ4n) is 1.08.